The van der Waals surface area contributed by atoms with Crippen molar-refractivity contribution in [1.29, 1.82) is 0 Å². The highest BCUT2D eigenvalue weighted by atomic mass is 32.1. The van der Waals surface area contributed by atoms with Crippen LogP contribution in [0.5, 0.6) is 0 Å². The van der Waals surface area contributed by atoms with Gasteiger partial charge in [0.1, 0.15) is 10.7 Å². The number of carbonyl (C=O) groups is 1. The lowest BCUT2D eigenvalue weighted by Gasteiger charge is -1.99. The molecule has 0 saturated carbocycles. The van der Waals surface area contributed by atoms with E-state index in [2.05, 4.69) is 22.3 Å². The summed E-state index contributed by atoms with van der Waals surface area (Å²) in [6.07, 6.45) is 3.73. The Hall–Kier alpha value is -1.43. The van der Waals surface area contributed by atoms with E-state index in [9.17, 15) is 4.79 Å². The highest BCUT2D eigenvalue weighted by Crippen LogP contribution is 2.13. The second-order valence-electron chi connectivity index (χ2n) is 3.58. The van der Waals surface area contributed by atoms with Crippen LogP contribution in [0.25, 0.3) is 4.96 Å². The maximum Gasteiger partial charge on any atom is 0.271 e. The SMILES string of the molecule is CCCCNC(=O)c1cn2nc(C)sc2n1. The van der Waals surface area contributed by atoms with Crippen molar-refractivity contribution in [2.75, 3.05) is 6.54 Å². The quantitative estimate of drug-likeness (QED) is 0.824. The molecule has 0 aliphatic carbocycles. The van der Waals surface area contributed by atoms with Crippen LogP contribution in [0.3, 0.4) is 0 Å². The van der Waals surface area contributed by atoms with Gasteiger partial charge in [0, 0.05) is 6.54 Å². The molecule has 5 nitrogen and oxygen atoms in total. The number of carbonyl (C=O) groups excluding carboxylic acids is 1. The molecule has 0 atom stereocenters. The van der Waals surface area contributed by atoms with Gasteiger partial charge in [0.2, 0.25) is 4.96 Å². The van der Waals surface area contributed by atoms with E-state index < -0.39 is 0 Å². The number of rotatable bonds is 4. The number of imidazole rings is 1. The Morgan fingerprint density at radius 1 is 1.62 bits per heavy atom. The number of fused-ring (bicyclic) bond motifs is 1. The average Bonchev–Trinajstić information content (AvgIpc) is 2.74. The molecule has 0 aliphatic rings. The molecular formula is C10H14N4OS. The molecule has 0 unspecified atom stereocenters. The Labute approximate surface area is 97.5 Å². The van der Waals surface area contributed by atoms with E-state index in [4.69, 9.17) is 0 Å². The van der Waals surface area contributed by atoms with Crippen LogP contribution >= 0.6 is 11.3 Å². The number of nitrogens with zero attached hydrogens (tertiary/aromatic N) is 3. The lowest BCUT2D eigenvalue weighted by Crippen LogP contribution is -2.24. The van der Waals surface area contributed by atoms with Crippen molar-refractivity contribution in [3.8, 4) is 0 Å². The smallest absolute Gasteiger partial charge is 0.271 e. The minimum absolute atomic E-state index is 0.121. The Kier molecular flexibility index (Phi) is 3.19. The van der Waals surface area contributed by atoms with Crippen molar-refractivity contribution in [3.63, 3.8) is 0 Å². The van der Waals surface area contributed by atoms with Crippen molar-refractivity contribution in [2.24, 2.45) is 0 Å². The van der Waals surface area contributed by atoms with Crippen LogP contribution in [0.2, 0.25) is 0 Å². The van der Waals surface area contributed by atoms with Crippen LogP contribution < -0.4 is 5.32 Å². The molecule has 0 bridgehead atoms. The fourth-order valence-electron chi connectivity index (χ4n) is 1.38. The van der Waals surface area contributed by atoms with Gasteiger partial charge in [0.15, 0.2) is 0 Å². The van der Waals surface area contributed by atoms with Crippen LogP contribution in [-0.2, 0) is 0 Å². The molecule has 0 radical (unpaired) electrons. The molecule has 0 spiro atoms. The number of unbranched alkanes of at least 4 members (excludes halogenated alkanes) is 1. The van der Waals surface area contributed by atoms with Crippen molar-refractivity contribution in [3.05, 3.63) is 16.9 Å². The third-order valence-electron chi connectivity index (χ3n) is 2.19. The summed E-state index contributed by atoms with van der Waals surface area (Å²) >= 11 is 1.48. The van der Waals surface area contributed by atoms with Gasteiger partial charge in [-0.25, -0.2) is 9.50 Å². The minimum Gasteiger partial charge on any atom is -0.351 e. The second-order valence-corrected chi connectivity index (χ2v) is 4.74. The van der Waals surface area contributed by atoms with E-state index in [0.29, 0.717) is 12.2 Å². The third-order valence-corrected chi connectivity index (χ3v) is 3.03. The number of hydrogen-bond acceptors (Lipinski definition) is 4. The molecule has 2 rings (SSSR count). The van der Waals surface area contributed by atoms with Gasteiger partial charge in [-0.3, -0.25) is 4.79 Å². The zero-order valence-electron chi connectivity index (χ0n) is 9.36. The van der Waals surface area contributed by atoms with E-state index in [1.165, 1.54) is 11.3 Å². The van der Waals surface area contributed by atoms with Crippen LogP contribution in [0.1, 0.15) is 35.3 Å². The standard InChI is InChI=1S/C10H14N4OS/c1-3-4-5-11-9(15)8-6-14-10(12-8)16-7(2)13-14/h6H,3-5H2,1-2H3,(H,11,15). The van der Waals surface area contributed by atoms with Crippen molar-refractivity contribution < 1.29 is 4.79 Å². The Morgan fingerprint density at radius 3 is 3.12 bits per heavy atom. The molecule has 16 heavy (non-hydrogen) atoms. The summed E-state index contributed by atoms with van der Waals surface area (Å²) in [5.74, 6) is -0.121. The summed E-state index contributed by atoms with van der Waals surface area (Å²) in [7, 11) is 0. The number of amides is 1. The van der Waals surface area contributed by atoms with Crippen molar-refractivity contribution >= 4 is 22.2 Å². The van der Waals surface area contributed by atoms with Gasteiger partial charge < -0.3 is 5.32 Å². The molecule has 2 heterocycles. The Morgan fingerprint density at radius 2 is 2.44 bits per heavy atom. The van der Waals surface area contributed by atoms with E-state index in [0.717, 1.165) is 22.8 Å². The molecule has 86 valence electrons. The van der Waals surface area contributed by atoms with E-state index in [-0.39, 0.29) is 5.91 Å². The first-order valence-electron chi connectivity index (χ1n) is 5.31. The number of hydrogen-bond donors (Lipinski definition) is 1. The summed E-state index contributed by atoms with van der Waals surface area (Å²) in [6, 6.07) is 0. The van der Waals surface area contributed by atoms with E-state index >= 15 is 0 Å². The van der Waals surface area contributed by atoms with Gasteiger partial charge in [0.25, 0.3) is 5.91 Å². The maximum atomic E-state index is 11.7. The molecule has 1 amide bonds. The summed E-state index contributed by atoms with van der Waals surface area (Å²) in [4.78, 5) is 16.6. The molecule has 2 aromatic rings. The Bertz CT molecular complexity index is 470. The summed E-state index contributed by atoms with van der Waals surface area (Å²) in [5, 5.41) is 7.98. The largest absolute Gasteiger partial charge is 0.351 e. The lowest BCUT2D eigenvalue weighted by atomic mass is 10.3. The zero-order chi connectivity index (χ0) is 11.5. The van der Waals surface area contributed by atoms with Gasteiger partial charge >= 0.3 is 0 Å². The van der Waals surface area contributed by atoms with Crippen LogP contribution in [0.15, 0.2) is 6.20 Å². The predicted molar refractivity (Wildman–Crippen MR) is 62.8 cm³/mol. The van der Waals surface area contributed by atoms with Gasteiger partial charge in [-0.05, 0) is 13.3 Å². The lowest BCUT2D eigenvalue weighted by molar-refractivity contribution is 0.0949. The highest BCUT2D eigenvalue weighted by molar-refractivity contribution is 7.16. The van der Waals surface area contributed by atoms with Crippen LogP contribution in [-0.4, -0.2) is 27.0 Å². The molecule has 2 aromatic heterocycles. The number of nitrogens with one attached hydrogen (secondary N) is 1. The Balaban J connectivity index is 2.08. The fraction of sp³-hybridized carbons (Fsp3) is 0.500. The first kappa shape index (κ1) is 11.1. The second kappa shape index (κ2) is 4.61. The maximum absolute atomic E-state index is 11.7. The molecule has 6 heteroatoms. The van der Waals surface area contributed by atoms with Gasteiger partial charge in [0.05, 0.1) is 6.20 Å². The first-order valence-corrected chi connectivity index (χ1v) is 6.13. The van der Waals surface area contributed by atoms with E-state index in [1.807, 2.05) is 6.92 Å². The fourth-order valence-corrected chi connectivity index (χ4v) is 2.10. The molecule has 0 saturated heterocycles. The van der Waals surface area contributed by atoms with Crippen LogP contribution in [0, 0.1) is 6.92 Å². The minimum atomic E-state index is -0.121. The van der Waals surface area contributed by atoms with Crippen molar-refractivity contribution in [2.45, 2.75) is 26.7 Å². The molecule has 0 aromatic carbocycles. The normalized spacial score (nSPS) is 10.9. The topological polar surface area (TPSA) is 59.3 Å². The van der Waals surface area contributed by atoms with Gasteiger partial charge in [-0.2, -0.15) is 5.10 Å². The molecule has 0 aliphatic heterocycles. The van der Waals surface area contributed by atoms with Gasteiger partial charge in [-0.15, -0.1) is 0 Å². The highest BCUT2D eigenvalue weighted by Gasteiger charge is 2.12. The summed E-state index contributed by atoms with van der Waals surface area (Å²) in [6.45, 7) is 4.71. The van der Waals surface area contributed by atoms with E-state index in [1.54, 1.807) is 10.7 Å². The molecule has 0 fully saturated rings. The number of aryl methyl sites for hydroxylation is 1. The average molecular weight is 238 g/mol. The molecule has 1 N–H and O–H groups in total. The predicted octanol–water partition coefficient (Wildman–Crippen LogP) is 1.63. The van der Waals surface area contributed by atoms with Crippen LogP contribution in [0.4, 0.5) is 0 Å². The summed E-state index contributed by atoms with van der Waals surface area (Å²) < 4.78 is 1.65. The zero-order valence-corrected chi connectivity index (χ0v) is 10.2. The third kappa shape index (κ3) is 2.21. The molecular weight excluding hydrogens is 224 g/mol. The monoisotopic (exact) mass is 238 g/mol. The number of aromatic nitrogens is 3. The van der Waals surface area contributed by atoms with Crippen molar-refractivity contribution in [1.82, 2.24) is 19.9 Å². The summed E-state index contributed by atoms with van der Waals surface area (Å²) in [5.41, 5.74) is 0.440. The first-order chi connectivity index (χ1) is 7.70. The van der Waals surface area contributed by atoms with Gasteiger partial charge in [-0.1, -0.05) is 24.7 Å².